The highest BCUT2D eigenvalue weighted by Crippen LogP contribution is 2.20. The molecule has 0 radical (unpaired) electrons. The fraction of sp³-hybridized carbons (Fsp3) is 0.143. The van der Waals surface area contributed by atoms with Crippen LogP contribution in [0.15, 0.2) is 46.9 Å². The van der Waals surface area contributed by atoms with E-state index < -0.39 is 0 Å². The topological polar surface area (TPSA) is 12.0 Å². The minimum absolute atomic E-state index is 0.663. The maximum atomic E-state index is 6.10. The Labute approximate surface area is 125 Å². The van der Waals surface area contributed by atoms with E-state index >= 15 is 0 Å². The van der Waals surface area contributed by atoms with E-state index in [1.54, 1.807) is 6.07 Å². The lowest BCUT2D eigenvalue weighted by Crippen LogP contribution is -2.12. The summed E-state index contributed by atoms with van der Waals surface area (Å²) in [6.07, 6.45) is 0. The summed E-state index contributed by atoms with van der Waals surface area (Å²) in [5, 5.41) is 4.72. The Morgan fingerprint density at radius 3 is 2.56 bits per heavy atom. The molecule has 1 N–H and O–H groups in total. The highest BCUT2D eigenvalue weighted by Gasteiger charge is 2.01. The summed E-state index contributed by atoms with van der Waals surface area (Å²) in [6, 6.07) is 13.8. The monoisotopic (exact) mass is 343 g/mol. The van der Waals surface area contributed by atoms with E-state index in [2.05, 4.69) is 33.4 Å². The van der Waals surface area contributed by atoms with Crippen LogP contribution in [0.2, 0.25) is 10.0 Å². The molecule has 0 aliphatic rings. The van der Waals surface area contributed by atoms with Gasteiger partial charge in [-0.1, -0.05) is 57.3 Å². The number of nitrogens with one attached hydrogen (secondary N) is 1. The van der Waals surface area contributed by atoms with Gasteiger partial charge in [-0.05, 0) is 35.4 Å². The summed E-state index contributed by atoms with van der Waals surface area (Å²) >= 11 is 15.4. The molecule has 0 fully saturated rings. The van der Waals surface area contributed by atoms with Crippen molar-refractivity contribution in [2.24, 2.45) is 0 Å². The molecule has 94 valence electrons. The van der Waals surface area contributed by atoms with Crippen LogP contribution in [0.25, 0.3) is 0 Å². The van der Waals surface area contributed by atoms with Gasteiger partial charge in [0.1, 0.15) is 0 Å². The van der Waals surface area contributed by atoms with Gasteiger partial charge >= 0.3 is 0 Å². The predicted molar refractivity (Wildman–Crippen MR) is 81.1 cm³/mol. The van der Waals surface area contributed by atoms with Gasteiger partial charge in [-0.2, -0.15) is 0 Å². The molecule has 0 spiro atoms. The normalized spacial score (nSPS) is 10.6. The summed E-state index contributed by atoms with van der Waals surface area (Å²) in [5.41, 5.74) is 2.28. The minimum atomic E-state index is 0.663. The maximum Gasteiger partial charge on any atom is 0.0465 e. The molecule has 2 aromatic carbocycles. The van der Waals surface area contributed by atoms with Gasteiger partial charge in [0.25, 0.3) is 0 Å². The van der Waals surface area contributed by atoms with Crippen molar-refractivity contribution < 1.29 is 0 Å². The van der Waals surface area contributed by atoms with E-state index in [9.17, 15) is 0 Å². The van der Waals surface area contributed by atoms with E-state index in [1.165, 1.54) is 5.56 Å². The molecule has 0 bridgehead atoms. The highest BCUT2D eigenvalue weighted by atomic mass is 79.9. The third kappa shape index (κ3) is 3.99. The van der Waals surface area contributed by atoms with E-state index in [1.807, 2.05) is 24.3 Å². The zero-order valence-corrected chi connectivity index (χ0v) is 12.7. The minimum Gasteiger partial charge on any atom is -0.309 e. The molecule has 2 rings (SSSR count). The average Bonchev–Trinajstić information content (AvgIpc) is 2.32. The molecule has 0 saturated heterocycles. The standard InChI is InChI=1S/C14H12BrCl2N/c15-12-3-1-2-10(6-12)8-18-9-11-4-5-13(16)7-14(11)17/h1-7,18H,8-9H2. The first kappa shape index (κ1) is 13.9. The first-order valence-electron chi connectivity index (χ1n) is 5.54. The molecular weight excluding hydrogens is 333 g/mol. The molecule has 18 heavy (non-hydrogen) atoms. The Bertz CT molecular complexity index is 543. The third-order valence-electron chi connectivity index (χ3n) is 2.55. The Morgan fingerprint density at radius 1 is 1.00 bits per heavy atom. The van der Waals surface area contributed by atoms with Crippen LogP contribution in [-0.4, -0.2) is 0 Å². The summed E-state index contributed by atoms with van der Waals surface area (Å²) in [7, 11) is 0. The molecule has 2 aromatic rings. The smallest absolute Gasteiger partial charge is 0.0465 e. The Balaban J connectivity index is 1.92. The lowest BCUT2D eigenvalue weighted by molar-refractivity contribution is 0.693. The van der Waals surface area contributed by atoms with Crippen LogP contribution in [0.3, 0.4) is 0 Å². The molecule has 0 saturated carbocycles. The van der Waals surface area contributed by atoms with E-state index in [0.717, 1.165) is 23.1 Å². The first-order valence-corrected chi connectivity index (χ1v) is 7.09. The SMILES string of the molecule is Clc1ccc(CNCc2cccc(Br)c2)c(Cl)c1. The van der Waals surface area contributed by atoms with E-state index in [0.29, 0.717) is 10.0 Å². The predicted octanol–water partition coefficient (Wildman–Crippen LogP) is 5.05. The summed E-state index contributed by atoms with van der Waals surface area (Å²) in [5.74, 6) is 0. The molecule has 0 aliphatic carbocycles. The Hall–Kier alpha value is -0.540. The van der Waals surface area contributed by atoms with Crippen molar-refractivity contribution in [3.8, 4) is 0 Å². The lowest BCUT2D eigenvalue weighted by atomic mass is 10.2. The molecule has 0 aromatic heterocycles. The second kappa shape index (κ2) is 6.58. The maximum absolute atomic E-state index is 6.10. The van der Waals surface area contributed by atoms with Crippen LogP contribution in [0.5, 0.6) is 0 Å². The molecule has 0 aliphatic heterocycles. The zero-order valence-electron chi connectivity index (χ0n) is 9.59. The Kier molecular flexibility index (Phi) is 5.07. The van der Waals surface area contributed by atoms with Crippen molar-refractivity contribution >= 4 is 39.1 Å². The van der Waals surface area contributed by atoms with Crippen molar-refractivity contribution in [2.75, 3.05) is 0 Å². The van der Waals surface area contributed by atoms with E-state index in [4.69, 9.17) is 23.2 Å². The second-order valence-electron chi connectivity index (χ2n) is 3.97. The van der Waals surface area contributed by atoms with Crippen molar-refractivity contribution in [1.29, 1.82) is 0 Å². The van der Waals surface area contributed by atoms with Gasteiger partial charge in [0.15, 0.2) is 0 Å². The molecule has 4 heteroatoms. The van der Waals surface area contributed by atoms with Crippen LogP contribution in [0.4, 0.5) is 0 Å². The molecule has 1 nitrogen and oxygen atoms in total. The summed E-state index contributed by atoms with van der Waals surface area (Å²) in [6.45, 7) is 1.53. The van der Waals surface area contributed by atoms with Crippen molar-refractivity contribution in [2.45, 2.75) is 13.1 Å². The third-order valence-corrected chi connectivity index (χ3v) is 3.63. The van der Waals surface area contributed by atoms with Gasteiger partial charge in [0.05, 0.1) is 0 Å². The molecule has 0 amide bonds. The fourth-order valence-corrected chi connectivity index (χ4v) is 2.58. The second-order valence-corrected chi connectivity index (χ2v) is 5.73. The Morgan fingerprint density at radius 2 is 1.83 bits per heavy atom. The van der Waals surface area contributed by atoms with Crippen molar-refractivity contribution in [3.05, 3.63) is 68.1 Å². The quantitative estimate of drug-likeness (QED) is 0.818. The molecule has 0 heterocycles. The van der Waals surface area contributed by atoms with E-state index in [-0.39, 0.29) is 0 Å². The molecule has 0 unspecified atom stereocenters. The van der Waals surface area contributed by atoms with Crippen molar-refractivity contribution in [3.63, 3.8) is 0 Å². The lowest BCUT2D eigenvalue weighted by Gasteiger charge is -2.07. The molecular formula is C14H12BrCl2N. The molecule has 0 atom stereocenters. The van der Waals surface area contributed by atoms with Gasteiger partial charge < -0.3 is 5.32 Å². The first-order chi connectivity index (χ1) is 8.65. The van der Waals surface area contributed by atoms with Gasteiger partial charge in [-0.15, -0.1) is 0 Å². The van der Waals surface area contributed by atoms with Gasteiger partial charge in [-0.3, -0.25) is 0 Å². The van der Waals surface area contributed by atoms with Crippen LogP contribution < -0.4 is 5.32 Å². The van der Waals surface area contributed by atoms with Crippen LogP contribution >= 0.6 is 39.1 Å². The summed E-state index contributed by atoms with van der Waals surface area (Å²) < 4.78 is 1.09. The van der Waals surface area contributed by atoms with Crippen LogP contribution in [0.1, 0.15) is 11.1 Å². The fourth-order valence-electron chi connectivity index (χ4n) is 1.65. The highest BCUT2D eigenvalue weighted by molar-refractivity contribution is 9.10. The van der Waals surface area contributed by atoms with Gasteiger partial charge in [0.2, 0.25) is 0 Å². The van der Waals surface area contributed by atoms with Gasteiger partial charge in [0, 0.05) is 27.6 Å². The summed E-state index contributed by atoms with van der Waals surface area (Å²) in [4.78, 5) is 0. The van der Waals surface area contributed by atoms with Crippen molar-refractivity contribution in [1.82, 2.24) is 5.32 Å². The number of hydrogen-bond donors (Lipinski definition) is 1. The number of hydrogen-bond acceptors (Lipinski definition) is 1. The number of halogens is 3. The van der Waals surface area contributed by atoms with Crippen LogP contribution in [-0.2, 0) is 13.1 Å². The number of rotatable bonds is 4. The number of benzene rings is 2. The van der Waals surface area contributed by atoms with Crippen LogP contribution in [0, 0.1) is 0 Å². The average molecular weight is 345 g/mol. The van der Waals surface area contributed by atoms with Gasteiger partial charge in [-0.25, -0.2) is 0 Å². The zero-order chi connectivity index (χ0) is 13.0. The largest absolute Gasteiger partial charge is 0.309 e.